The van der Waals surface area contributed by atoms with Crippen LogP contribution in [-0.2, 0) is 4.79 Å². The second kappa shape index (κ2) is 8.04. The third kappa shape index (κ3) is 4.20. The molecule has 0 spiro atoms. The Balaban J connectivity index is 1.90. The number of furan rings is 1. The van der Waals surface area contributed by atoms with Crippen molar-refractivity contribution in [1.29, 1.82) is 5.26 Å². The molecular formula is C20H15ClN4O4. The van der Waals surface area contributed by atoms with E-state index in [-0.39, 0.29) is 33.4 Å². The van der Waals surface area contributed by atoms with Gasteiger partial charge in [-0.2, -0.15) is 5.26 Å². The predicted octanol–water partition coefficient (Wildman–Crippen LogP) is 4.60. The number of halogens is 1. The predicted molar refractivity (Wildman–Crippen MR) is 108 cm³/mol. The van der Waals surface area contributed by atoms with Gasteiger partial charge in [0.25, 0.3) is 11.6 Å². The summed E-state index contributed by atoms with van der Waals surface area (Å²) in [5.74, 6) is -0.184. The molecule has 0 saturated heterocycles. The van der Waals surface area contributed by atoms with Crippen LogP contribution >= 0.6 is 11.6 Å². The zero-order valence-corrected chi connectivity index (χ0v) is 16.2. The average Bonchev–Trinajstić information content (AvgIpc) is 3.27. The minimum atomic E-state index is -0.606. The molecule has 0 aliphatic rings. The fourth-order valence-corrected chi connectivity index (χ4v) is 2.90. The molecule has 1 N–H and O–H groups in total. The van der Waals surface area contributed by atoms with Gasteiger partial charge >= 0.3 is 0 Å². The Labute approximate surface area is 170 Å². The number of aryl methyl sites for hydroxylation is 2. The zero-order valence-electron chi connectivity index (χ0n) is 15.5. The molecule has 8 nitrogen and oxygen atoms in total. The SMILES string of the molecule is Cc1ccc(C)n1NC(=O)/C(C#N)=C\c1ccc(-c2ccc(Cl)cc2[N+](=O)[O-])o1. The van der Waals surface area contributed by atoms with E-state index in [1.54, 1.807) is 4.68 Å². The van der Waals surface area contributed by atoms with Gasteiger partial charge in [-0.1, -0.05) is 11.6 Å². The lowest BCUT2D eigenvalue weighted by Gasteiger charge is -2.10. The number of nitrogens with zero attached hydrogens (tertiary/aromatic N) is 3. The Hall–Kier alpha value is -3.83. The molecule has 0 unspecified atom stereocenters. The van der Waals surface area contributed by atoms with Gasteiger partial charge in [-0.3, -0.25) is 25.0 Å². The number of nitrogens with one attached hydrogen (secondary N) is 1. The molecule has 2 heterocycles. The number of carbonyl (C=O) groups excluding carboxylic acids is 1. The maximum absolute atomic E-state index is 12.4. The number of nitriles is 1. The van der Waals surface area contributed by atoms with Gasteiger partial charge in [0.05, 0.1) is 10.5 Å². The molecule has 146 valence electrons. The van der Waals surface area contributed by atoms with Crippen LogP contribution in [0.5, 0.6) is 0 Å². The van der Waals surface area contributed by atoms with Gasteiger partial charge in [0.2, 0.25) is 0 Å². The van der Waals surface area contributed by atoms with E-state index >= 15 is 0 Å². The lowest BCUT2D eigenvalue weighted by Crippen LogP contribution is -2.25. The number of aromatic nitrogens is 1. The monoisotopic (exact) mass is 410 g/mol. The van der Waals surface area contributed by atoms with Crippen molar-refractivity contribution in [3.05, 3.63) is 80.3 Å². The molecule has 0 radical (unpaired) electrons. The third-order valence-electron chi connectivity index (χ3n) is 4.18. The van der Waals surface area contributed by atoms with Gasteiger partial charge in [-0.05, 0) is 50.2 Å². The summed E-state index contributed by atoms with van der Waals surface area (Å²) in [5.41, 5.74) is 4.11. The van der Waals surface area contributed by atoms with Crippen LogP contribution in [0.3, 0.4) is 0 Å². The van der Waals surface area contributed by atoms with E-state index < -0.39 is 10.8 Å². The Morgan fingerprint density at radius 1 is 1.24 bits per heavy atom. The van der Waals surface area contributed by atoms with E-state index in [1.807, 2.05) is 32.0 Å². The molecule has 1 aromatic carbocycles. The molecule has 2 aromatic heterocycles. The largest absolute Gasteiger partial charge is 0.456 e. The molecule has 3 aromatic rings. The molecule has 0 bridgehead atoms. The highest BCUT2D eigenvalue weighted by Gasteiger charge is 2.19. The Morgan fingerprint density at radius 2 is 1.93 bits per heavy atom. The fraction of sp³-hybridized carbons (Fsp3) is 0.100. The highest BCUT2D eigenvalue weighted by Crippen LogP contribution is 2.33. The number of rotatable bonds is 5. The molecule has 0 atom stereocenters. The highest BCUT2D eigenvalue weighted by molar-refractivity contribution is 6.30. The third-order valence-corrected chi connectivity index (χ3v) is 4.42. The van der Waals surface area contributed by atoms with E-state index in [0.29, 0.717) is 0 Å². The molecule has 29 heavy (non-hydrogen) atoms. The Bertz CT molecular complexity index is 1160. The van der Waals surface area contributed by atoms with Crippen LogP contribution in [0, 0.1) is 35.3 Å². The number of benzene rings is 1. The summed E-state index contributed by atoms with van der Waals surface area (Å²) in [6.45, 7) is 3.64. The van der Waals surface area contributed by atoms with Gasteiger partial charge in [-0.15, -0.1) is 0 Å². The second-order valence-corrected chi connectivity index (χ2v) is 6.62. The lowest BCUT2D eigenvalue weighted by atomic mass is 10.1. The van der Waals surface area contributed by atoms with Gasteiger partial charge in [0.15, 0.2) is 0 Å². The summed E-state index contributed by atoms with van der Waals surface area (Å²) >= 11 is 5.83. The first-order valence-corrected chi connectivity index (χ1v) is 8.80. The molecule has 0 aliphatic heterocycles. The van der Waals surface area contributed by atoms with Crippen molar-refractivity contribution in [2.24, 2.45) is 0 Å². The van der Waals surface area contributed by atoms with Crippen LogP contribution in [0.4, 0.5) is 5.69 Å². The van der Waals surface area contributed by atoms with E-state index in [9.17, 15) is 20.2 Å². The van der Waals surface area contributed by atoms with Crippen LogP contribution in [0.2, 0.25) is 5.02 Å². The number of amides is 1. The summed E-state index contributed by atoms with van der Waals surface area (Å²) < 4.78 is 7.17. The average molecular weight is 411 g/mol. The molecule has 1 amide bonds. The summed E-state index contributed by atoms with van der Waals surface area (Å²) in [6.07, 6.45) is 1.27. The maximum Gasteiger partial charge on any atom is 0.281 e. The van der Waals surface area contributed by atoms with E-state index in [2.05, 4.69) is 5.43 Å². The summed E-state index contributed by atoms with van der Waals surface area (Å²) in [4.78, 5) is 23.1. The normalized spacial score (nSPS) is 11.2. The van der Waals surface area contributed by atoms with Crippen molar-refractivity contribution in [3.8, 4) is 17.4 Å². The topological polar surface area (TPSA) is 114 Å². The van der Waals surface area contributed by atoms with Crippen molar-refractivity contribution in [2.45, 2.75) is 13.8 Å². The number of hydrogen-bond acceptors (Lipinski definition) is 5. The number of nitro benzene ring substituents is 1. The van der Waals surface area contributed by atoms with E-state index in [4.69, 9.17) is 16.0 Å². The molecule has 0 fully saturated rings. The summed E-state index contributed by atoms with van der Waals surface area (Å²) in [6, 6.07) is 12.8. The lowest BCUT2D eigenvalue weighted by molar-refractivity contribution is -0.384. The molecular weight excluding hydrogens is 396 g/mol. The highest BCUT2D eigenvalue weighted by atomic mass is 35.5. The fourth-order valence-electron chi connectivity index (χ4n) is 2.74. The van der Waals surface area contributed by atoms with Crippen LogP contribution in [-0.4, -0.2) is 15.5 Å². The zero-order chi connectivity index (χ0) is 21.1. The van der Waals surface area contributed by atoms with Gasteiger partial charge in [0, 0.05) is 28.6 Å². The second-order valence-electron chi connectivity index (χ2n) is 6.18. The minimum Gasteiger partial charge on any atom is -0.456 e. The van der Waals surface area contributed by atoms with Crippen molar-refractivity contribution in [3.63, 3.8) is 0 Å². The van der Waals surface area contributed by atoms with Gasteiger partial charge in [-0.25, -0.2) is 0 Å². The molecule has 3 rings (SSSR count). The van der Waals surface area contributed by atoms with E-state index in [0.717, 1.165) is 11.4 Å². The van der Waals surface area contributed by atoms with Gasteiger partial charge in [0.1, 0.15) is 23.2 Å². The van der Waals surface area contributed by atoms with Gasteiger partial charge < -0.3 is 4.42 Å². The van der Waals surface area contributed by atoms with Crippen molar-refractivity contribution < 1.29 is 14.1 Å². The van der Waals surface area contributed by atoms with Crippen LogP contribution in [0.25, 0.3) is 17.4 Å². The first kappa shape index (κ1) is 19.9. The smallest absolute Gasteiger partial charge is 0.281 e. The summed E-state index contributed by atoms with van der Waals surface area (Å²) in [7, 11) is 0. The Morgan fingerprint density at radius 3 is 2.55 bits per heavy atom. The van der Waals surface area contributed by atoms with Crippen molar-refractivity contribution >= 4 is 29.3 Å². The van der Waals surface area contributed by atoms with E-state index in [1.165, 1.54) is 36.4 Å². The number of hydrogen-bond donors (Lipinski definition) is 1. The van der Waals surface area contributed by atoms with Crippen molar-refractivity contribution in [2.75, 3.05) is 5.43 Å². The molecule has 0 aliphatic carbocycles. The summed E-state index contributed by atoms with van der Waals surface area (Å²) in [5, 5.41) is 20.9. The maximum atomic E-state index is 12.4. The standard InChI is InChI=1S/C20H15ClN4O4/c1-12-3-4-13(2)24(12)23-20(26)14(11-22)9-16-6-8-19(29-16)17-7-5-15(21)10-18(17)25(27)28/h3-10H,1-2H3,(H,23,26)/b14-9-. The number of nitro groups is 1. The Kier molecular flexibility index (Phi) is 5.52. The van der Waals surface area contributed by atoms with Crippen LogP contribution in [0.15, 0.2) is 52.5 Å². The minimum absolute atomic E-state index is 0.177. The quantitative estimate of drug-likeness (QED) is 0.285. The van der Waals surface area contributed by atoms with Crippen molar-refractivity contribution in [1.82, 2.24) is 4.68 Å². The first-order chi connectivity index (χ1) is 13.8. The molecule has 0 saturated carbocycles. The van der Waals surface area contributed by atoms with Crippen LogP contribution < -0.4 is 5.43 Å². The number of carbonyl (C=O) groups is 1. The van der Waals surface area contributed by atoms with Crippen LogP contribution in [0.1, 0.15) is 17.1 Å². The first-order valence-electron chi connectivity index (χ1n) is 8.42. The molecule has 9 heteroatoms.